The van der Waals surface area contributed by atoms with Crippen LogP contribution >= 0.6 is 11.8 Å². The maximum atomic E-state index is 12.7. The Bertz CT molecular complexity index is 1710. The third kappa shape index (κ3) is 9.45. The maximum absolute atomic E-state index is 12.7. The molecule has 5 rings (SSSR count). The van der Waals surface area contributed by atoms with Crippen LogP contribution in [0.25, 0.3) is 0 Å². The molecule has 0 bridgehead atoms. The Balaban J connectivity index is 1.26. The van der Waals surface area contributed by atoms with Crippen LogP contribution in [0, 0.1) is 5.92 Å². The van der Waals surface area contributed by atoms with Gasteiger partial charge in [-0.25, -0.2) is 19.4 Å². The maximum Gasteiger partial charge on any atom is 0.338 e. The van der Waals surface area contributed by atoms with Crippen molar-refractivity contribution in [2.45, 2.75) is 56.1 Å². The number of hydrogen-bond donors (Lipinski definition) is 4. The minimum Gasteiger partial charge on any atom is -0.478 e. The minimum absolute atomic E-state index is 0.0647. The van der Waals surface area contributed by atoms with Gasteiger partial charge in [-0.2, -0.15) is 0 Å². The second-order valence-corrected chi connectivity index (χ2v) is 12.6. The quantitative estimate of drug-likeness (QED) is 0.106. The molecule has 0 saturated carbocycles. The first kappa shape index (κ1) is 35.6. The topological polar surface area (TPSA) is 156 Å². The van der Waals surface area contributed by atoms with Crippen LogP contribution in [0.2, 0.25) is 0 Å². The van der Waals surface area contributed by atoms with E-state index in [1.54, 1.807) is 12.3 Å². The summed E-state index contributed by atoms with van der Waals surface area (Å²) in [4.78, 5) is 41.1. The Hall–Kier alpha value is -4.75. The number of urea groups is 1. The lowest BCUT2D eigenvalue weighted by atomic mass is 9.91. The molecular formula is C37H39N3O8S. The van der Waals surface area contributed by atoms with Crippen LogP contribution in [0.15, 0.2) is 102 Å². The van der Waals surface area contributed by atoms with Crippen molar-refractivity contribution in [2.24, 2.45) is 5.92 Å². The zero-order valence-electron chi connectivity index (χ0n) is 27.2. The van der Waals surface area contributed by atoms with Crippen molar-refractivity contribution in [1.82, 2.24) is 15.6 Å². The smallest absolute Gasteiger partial charge is 0.338 e. The number of carbonyl (C=O) groups is 3. The van der Waals surface area contributed by atoms with E-state index in [9.17, 15) is 24.6 Å². The van der Waals surface area contributed by atoms with E-state index in [2.05, 4.69) is 15.6 Å². The lowest BCUT2D eigenvalue weighted by Gasteiger charge is -2.41. The third-order valence-corrected chi connectivity index (χ3v) is 9.38. The number of nitrogens with one attached hydrogen (secondary N) is 2. The fourth-order valence-corrected chi connectivity index (χ4v) is 6.66. The van der Waals surface area contributed by atoms with E-state index in [0.29, 0.717) is 17.2 Å². The zero-order valence-corrected chi connectivity index (χ0v) is 28.0. The number of carbonyl (C=O) groups excluding carboxylic acids is 2. The van der Waals surface area contributed by atoms with Crippen molar-refractivity contribution in [2.75, 3.05) is 12.9 Å². The highest BCUT2D eigenvalue weighted by molar-refractivity contribution is 7.99. The molecule has 1 aromatic heterocycles. The number of nitrogens with zero attached hydrogens (tertiary/aromatic N) is 1. The molecule has 0 aliphatic carbocycles. The van der Waals surface area contributed by atoms with Gasteiger partial charge in [-0.1, -0.05) is 85.8 Å². The van der Waals surface area contributed by atoms with E-state index < -0.39 is 30.3 Å². The fourth-order valence-electron chi connectivity index (χ4n) is 5.51. The molecule has 1 aliphatic heterocycles. The number of aliphatic hydroxyl groups excluding tert-OH is 1. The second-order valence-electron chi connectivity index (χ2n) is 11.6. The summed E-state index contributed by atoms with van der Waals surface area (Å²) < 4.78 is 17.9. The molecule has 5 atom stereocenters. The highest BCUT2D eigenvalue weighted by Crippen LogP contribution is 2.43. The van der Waals surface area contributed by atoms with Gasteiger partial charge in [-0.15, -0.1) is 11.8 Å². The molecule has 1 aliphatic rings. The van der Waals surface area contributed by atoms with E-state index in [0.717, 1.165) is 27.8 Å². The van der Waals surface area contributed by atoms with Crippen LogP contribution < -0.4 is 10.6 Å². The number of hydrogen-bond acceptors (Lipinski definition) is 9. The summed E-state index contributed by atoms with van der Waals surface area (Å²) in [6.07, 6.45) is 0.474. The van der Waals surface area contributed by atoms with Crippen LogP contribution in [0.3, 0.4) is 0 Å². The number of esters is 1. The molecule has 256 valence electrons. The molecule has 3 aromatic carbocycles. The number of pyridine rings is 1. The standard InChI is InChI=1S/C37H39N3O8S/c1-23-31(22-49-33-29(34(42)43)9-6-18-38-33)47-36(48-32(23)27-14-12-26(21-41)13-15-27)28-16-10-25(11-17-28)20-39-37(45)40-30(35(44)46-2)19-24-7-4-3-5-8-24/h3-18,23,30-32,36,41H,19-22H2,1-2H3,(H,42,43)(H2,39,40,45). The Morgan fingerprint density at radius 1 is 0.898 bits per heavy atom. The van der Waals surface area contributed by atoms with Crippen LogP contribution in [-0.2, 0) is 38.6 Å². The number of amides is 2. The van der Waals surface area contributed by atoms with Crippen LogP contribution in [0.4, 0.5) is 4.79 Å². The Kier molecular flexibility index (Phi) is 12.4. The molecular weight excluding hydrogens is 646 g/mol. The normalized spacial score (nSPS) is 19.4. The van der Waals surface area contributed by atoms with Gasteiger partial charge in [0, 0.05) is 36.4 Å². The van der Waals surface area contributed by atoms with E-state index in [1.165, 1.54) is 24.9 Å². The van der Waals surface area contributed by atoms with Gasteiger partial charge in [0.1, 0.15) is 11.1 Å². The number of benzene rings is 3. The monoisotopic (exact) mass is 685 g/mol. The summed E-state index contributed by atoms with van der Waals surface area (Å²) in [5.74, 6) is -1.23. The van der Waals surface area contributed by atoms with Crippen molar-refractivity contribution in [3.8, 4) is 0 Å². The molecule has 0 spiro atoms. The molecule has 5 unspecified atom stereocenters. The van der Waals surface area contributed by atoms with E-state index in [-0.39, 0.29) is 36.8 Å². The summed E-state index contributed by atoms with van der Waals surface area (Å²) in [6, 6.07) is 26.2. The van der Waals surface area contributed by atoms with Gasteiger partial charge in [0.15, 0.2) is 6.29 Å². The molecule has 49 heavy (non-hydrogen) atoms. The summed E-state index contributed by atoms with van der Waals surface area (Å²) in [5.41, 5.74) is 4.34. The van der Waals surface area contributed by atoms with Crippen LogP contribution in [0.5, 0.6) is 0 Å². The number of carboxylic acids is 1. The summed E-state index contributed by atoms with van der Waals surface area (Å²) >= 11 is 1.32. The number of carboxylic acid groups (broad SMARTS) is 1. The fraction of sp³-hybridized carbons (Fsp3) is 0.297. The van der Waals surface area contributed by atoms with Crippen molar-refractivity contribution in [3.63, 3.8) is 0 Å². The van der Waals surface area contributed by atoms with Crippen LogP contribution in [-0.4, -0.2) is 58.2 Å². The predicted octanol–water partition coefficient (Wildman–Crippen LogP) is 5.44. The Morgan fingerprint density at radius 3 is 2.27 bits per heavy atom. The highest BCUT2D eigenvalue weighted by Gasteiger charge is 2.38. The van der Waals surface area contributed by atoms with Gasteiger partial charge in [0.25, 0.3) is 0 Å². The molecule has 0 radical (unpaired) electrons. The SMILES string of the molecule is COC(=O)C(Cc1ccccc1)NC(=O)NCc1ccc(C2OC(CSc3ncccc3C(=O)O)C(C)C(c3ccc(CO)cc3)O2)cc1. The zero-order chi connectivity index (χ0) is 34.8. The van der Waals surface area contributed by atoms with Crippen molar-refractivity contribution in [3.05, 3.63) is 131 Å². The van der Waals surface area contributed by atoms with Gasteiger partial charge in [-0.3, -0.25) is 0 Å². The Morgan fingerprint density at radius 2 is 1.59 bits per heavy atom. The van der Waals surface area contributed by atoms with Gasteiger partial charge in [-0.05, 0) is 34.4 Å². The van der Waals surface area contributed by atoms with Gasteiger partial charge in [0.05, 0.1) is 31.5 Å². The second kappa shape index (κ2) is 17.1. The summed E-state index contributed by atoms with van der Waals surface area (Å²) in [5, 5.41) is 25.1. The van der Waals surface area contributed by atoms with E-state index in [1.807, 2.05) is 85.8 Å². The van der Waals surface area contributed by atoms with E-state index in [4.69, 9.17) is 14.2 Å². The van der Waals surface area contributed by atoms with E-state index >= 15 is 0 Å². The number of thioether (sulfide) groups is 1. The van der Waals surface area contributed by atoms with Gasteiger partial charge in [0.2, 0.25) is 0 Å². The van der Waals surface area contributed by atoms with Crippen molar-refractivity contribution < 1.29 is 38.8 Å². The van der Waals surface area contributed by atoms with Gasteiger partial charge >= 0.3 is 18.0 Å². The van der Waals surface area contributed by atoms with Crippen LogP contribution in [0.1, 0.15) is 57.5 Å². The molecule has 12 heteroatoms. The lowest BCUT2D eigenvalue weighted by Crippen LogP contribution is -2.47. The molecule has 4 aromatic rings. The first-order valence-corrected chi connectivity index (χ1v) is 16.8. The van der Waals surface area contributed by atoms with Gasteiger partial charge < -0.3 is 35.1 Å². The number of rotatable bonds is 13. The first-order chi connectivity index (χ1) is 23.7. The summed E-state index contributed by atoms with van der Waals surface area (Å²) in [6.45, 7) is 2.18. The molecule has 11 nitrogen and oxygen atoms in total. The number of ether oxygens (including phenoxy) is 3. The average Bonchev–Trinajstić information content (AvgIpc) is 3.13. The molecule has 2 heterocycles. The molecule has 2 amide bonds. The highest BCUT2D eigenvalue weighted by atomic mass is 32.2. The third-order valence-electron chi connectivity index (χ3n) is 8.29. The molecule has 4 N–H and O–H groups in total. The molecule has 1 fully saturated rings. The molecule has 1 saturated heterocycles. The summed E-state index contributed by atoms with van der Waals surface area (Å²) in [7, 11) is 1.29. The van der Waals surface area contributed by atoms with Crippen molar-refractivity contribution >= 4 is 29.7 Å². The average molecular weight is 686 g/mol. The number of aromatic nitrogens is 1. The minimum atomic E-state index is -1.04. The Labute approximate surface area is 289 Å². The predicted molar refractivity (Wildman–Crippen MR) is 183 cm³/mol. The lowest BCUT2D eigenvalue weighted by molar-refractivity contribution is -0.268. The number of aromatic carboxylic acids is 1. The number of aliphatic hydroxyl groups is 1. The largest absolute Gasteiger partial charge is 0.478 e. The first-order valence-electron chi connectivity index (χ1n) is 15.8. The number of methoxy groups -OCH3 is 1. The van der Waals surface area contributed by atoms with Crippen molar-refractivity contribution in [1.29, 1.82) is 0 Å².